The second kappa shape index (κ2) is 7.57. The summed E-state index contributed by atoms with van der Waals surface area (Å²) in [5.41, 5.74) is 6.72. The summed E-state index contributed by atoms with van der Waals surface area (Å²) in [7, 11) is 0. The van der Waals surface area contributed by atoms with Gasteiger partial charge in [0.1, 0.15) is 0 Å². The van der Waals surface area contributed by atoms with Crippen molar-refractivity contribution in [1.82, 2.24) is 15.5 Å². The summed E-state index contributed by atoms with van der Waals surface area (Å²) in [4.78, 5) is 16.6. The molecule has 0 bridgehead atoms. The molecule has 7 heteroatoms. The number of hydrogen-bond acceptors (Lipinski definition) is 5. The van der Waals surface area contributed by atoms with Crippen molar-refractivity contribution in [2.75, 3.05) is 0 Å². The Morgan fingerprint density at radius 3 is 2.74 bits per heavy atom. The van der Waals surface area contributed by atoms with Gasteiger partial charge in [-0.15, -0.1) is 12.4 Å². The fraction of sp³-hybridized carbons (Fsp3) is 0.438. The maximum absolute atomic E-state index is 12.2. The highest BCUT2D eigenvalue weighted by Crippen LogP contribution is 2.25. The molecule has 1 aromatic carbocycles. The van der Waals surface area contributed by atoms with Crippen LogP contribution in [0.3, 0.4) is 0 Å². The molecule has 3 unspecified atom stereocenters. The van der Waals surface area contributed by atoms with Gasteiger partial charge in [-0.05, 0) is 38.3 Å². The number of rotatable bonds is 4. The van der Waals surface area contributed by atoms with Crippen LogP contribution in [0.5, 0.6) is 0 Å². The summed E-state index contributed by atoms with van der Waals surface area (Å²) in [5.74, 6) is 0.957. The van der Waals surface area contributed by atoms with Gasteiger partial charge in [-0.2, -0.15) is 4.98 Å². The van der Waals surface area contributed by atoms with E-state index < -0.39 is 0 Å². The molecule has 6 nitrogen and oxygen atoms in total. The Morgan fingerprint density at radius 1 is 1.35 bits per heavy atom. The Hall–Kier alpha value is -1.92. The number of carbonyl (C=O) groups excluding carboxylic acids is 1. The topological polar surface area (TPSA) is 94.0 Å². The lowest BCUT2D eigenvalue weighted by atomic mass is 10.1. The molecule has 23 heavy (non-hydrogen) atoms. The lowest BCUT2D eigenvalue weighted by Crippen LogP contribution is -2.33. The predicted molar refractivity (Wildman–Crippen MR) is 88.9 cm³/mol. The van der Waals surface area contributed by atoms with Crippen molar-refractivity contribution in [2.24, 2.45) is 11.7 Å². The van der Waals surface area contributed by atoms with Gasteiger partial charge in [0, 0.05) is 17.5 Å². The van der Waals surface area contributed by atoms with E-state index in [4.69, 9.17) is 10.3 Å². The molecule has 0 saturated heterocycles. The average Bonchev–Trinajstić information content (AvgIpc) is 3.17. The van der Waals surface area contributed by atoms with E-state index in [1.54, 1.807) is 0 Å². The number of aromatic nitrogens is 2. The maximum atomic E-state index is 12.2. The molecule has 124 valence electrons. The van der Waals surface area contributed by atoms with Gasteiger partial charge in [0.25, 0.3) is 5.89 Å². The lowest BCUT2D eigenvalue weighted by Gasteiger charge is -2.14. The molecule has 0 aliphatic heterocycles. The number of nitrogens with one attached hydrogen (secondary N) is 1. The molecule has 0 radical (unpaired) electrons. The number of carbonyl (C=O) groups is 1. The van der Waals surface area contributed by atoms with Crippen LogP contribution in [0.2, 0.25) is 0 Å². The zero-order chi connectivity index (χ0) is 15.5. The van der Waals surface area contributed by atoms with Crippen LogP contribution in [0, 0.1) is 5.92 Å². The van der Waals surface area contributed by atoms with Crippen LogP contribution in [-0.2, 0) is 4.79 Å². The molecule has 1 heterocycles. The molecule has 1 fully saturated rings. The fourth-order valence-electron chi connectivity index (χ4n) is 2.76. The van der Waals surface area contributed by atoms with Crippen molar-refractivity contribution in [3.05, 3.63) is 36.2 Å². The molecule has 3 atom stereocenters. The quantitative estimate of drug-likeness (QED) is 0.894. The van der Waals surface area contributed by atoms with Crippen LogP contribution >= 0.6 is 12.4 Å². The van der Waals surface area contributed by atoms with E-state index in [1.165, 1.54) is 0 Å². The van der Waals surface area contributed by atoms with Gasteiger partial charge in [-0.25, -0.2) is 0 Å². The predicted octanol–water partition coefficient (Wildman–Crippen LogP) is 2.46. The SMILES string of the molecule is CC(NC(=O)C1CCC(N)C1)c1noc(-c2ccccc2)n1.Cl. The van der Waals surface area contributed by atoms with E-state index in [9.17, 15) is 4.79 Å². The smallest absolute Gasteiger partial charge is 0.257 e. The highest BCUT2D eigenvalue weighted by molar-refractivity contribution is 5.85. The second-order valence-corrected chi connectivity index (χ2v) is 5.82. The molecular formula is C16H21ClN4O2. The molecule has 1 saturated carbocycles. The van der Waals surface area contributed by atoms with Gasteiger partial charge in [0.2, 0.25) is 5.91 Å². The molecule has 2 aromatic rings. The van der Waals surface area contributed by atoms with E-state index in [0.29, 0.717) is 11.7 Å². The second-order valence-electron chi connectivity index (χ2n) is 5.82. The lowest BCUT2D eigenvalue weighted by molar-refractivity contribution is -0.125. The minimum absolute atomic E-state index is 0. The van der Waals surface area contributed by atoms with E-state index in [-0.39, 0.29) is 36.3 Å². The summed E-state index contributed by atoms with van der Waals surface area (Å²) in [5, 5.41) is 6.91. The first kappa shape index (κ1) is 17.4. The van der Waals surface area contributed by atoms with Crippen LogP contribution in [0.15, 0.2) is 34.9 Å². The van der Waals surface area contributed by atoms with E-state index in [0.717, 1.165) is 24.8 Å². The minimum Gasteiger partial charge on any atom is -0.346 e. The monoisotopic (exact) mass is 336 g/mol. The third-order valence-electron chi connectivity index (χ3n) is 4.05. The summed E-state index contributed by atoms with van der Waals surface area (Å²) in [6.45, 7) is 1.85. The number of nitrogens with zero attached hydrogens (tertiary/aromatic N) is 2. The molecule has 1 amide bonds. The van der Waals surface area contributed by atoms with Gasteiger partial charge in [-0.1, -0.05) is 23.4 Å². The van der Waals surface area contributed by atoms with Crippen LogP contribution in [0.4, 0.5) is 0 Å². The number of benzene rings is 1. The van der Waals surface area contributed by atoms with Gasteiger partial charge in [0.15, 0.2) is 5.82 Å². The molecule has 1 aromatic heterocycles. The molecule has 1 aliphatic carbocycles. The maximum Gasteiger partial charge on any atom is 0.257 e. The number of hydrogen-bond donors (Lipinski definition) is 2. The molecule has 3 rings (SSSR count). The standard InChI is InChI=1S/C16H20N4O2.ClH/c1-10(18-15(21)12-7-8-13(17)9-12)14-19-16(22-20-14)11-5-3-2-4-6-11;/h2-6,10,12-13H,7-9,17H2,1H3,(H,18,21);1H. The van der Waals surface area contributed by atoms with Gasteiger partial charge >= 0.3 is 0 Å². The average molecular weight is 337 g/mol. The van der Waals surface area contributed by atoms with Crippen LogP contribution in [-0.4, -0.2) is 22.1 Å². The van der Waals surface area contributed by atoms with Crippen molar-refractivity contribution in [3.63, 3.8) is 0 Å². The van der Waals surface area contributed by atoms with Gasteiger partial charge < -0.3 is 15.6 Å². The third kappa shape index (κ3) is 4.09. The van der Waals surface area contributed by atoms with Crippen molar-refractivity contribution in [3.8, 4) is 11.5 Å². The first-order chi connectivity index (χ1) is 10.6. The summed E-state index contributed by atoms with van der Waals surface area (Å²) >= 11 is 0. The van der Waals surface area contributed by atoms with Crippen LogP contribution in [0.25, 0.3) is 11.5 Å². The number of nitrogens with two attached hydrogens (primary N) is 1. The summed E-state index contributed by atoms with van der Waals surface area (Å²) in [6.07, 6.45) is 2.51. The van der Waals surface area contributed by atoms with Gasteiger partial charge in [-0.3, -0.25) is 4.79 Å². The normalized spacial score (nSPS) is 21.5. The van der Waals surface area contributed by atoms with Crippen molar-refractivity contribution >= 4 is 18.3 Å². The molecule has 3 N–H and O–H groups in total. The van der Waals surface area contributed by atoms with Crippen molar-refractivity contribution in [1.29, 1.82) is 0 Å². The first-order valence-electron chi connectivity index (χ1n) is 7.58. The number of halogens is 1. The van der Waals surface area contributed by atoms with Gasteiger partial charge in [0.05, 0.1) is 6.04 Å². The molecule has 0 spiro atoms. The molecular weight excluding hydrogens is 316 g/mol. The fourth-order valence-corrected chi connectivity index (χ4v) is 2.76. The summed E-state index contributed by atoms with van der Waals surface area (Å²) < 4.78 is 5.26. The van der Waals surface area contributed by atoms with Crippen molar-refractivity contribution in [2.45, 2.75) is 38.3 Å². The van der Waals surface area contributed by atoms with E-state index in [1.807, 2.05) is 37.3 Å². The Balaban J connectivity index is 0.00000192. The Bertz CT molecular complexity index is 647. The summed E-state index contributed by atoms with van der Waals surface area (Å²) in [6, 6.07) is 9.41. The third-order valence-corrected chi connectivity index (χ3v) is 4.05. The highest BCUT2D eigenvalue weighted by atomic mass is 35.5. The van der Waals surface area contributed by atoms with Crippen LogP contribution in [0.1, 0.15) is 38.1 Å². The largest absolute Gasteiger partial charge is 0.346 e. The number of amides is 1. The van der Waals surface area contributed by atoms with E-state index in [2.05, 4.69) is 15.5 Å². The minimum atomic E-state index is -0.287. The Morgan fingerprint density at radius 2 is 2.09 bits per heavy atom. The van der Waals surface area contributed by atoms with Crippen LogP contribution < -0.4 is 11.1 Å². The Kier molecular flexibility index (Phi) is 5.74. The highest BCUT2D eigenvalue weighted by Gasteiger charge is 2.29. The first-order valence-corrected chi connectivity index (χ1v) is 7.58. The Labute approximate surface area is 141 Å². The van der Waals surface area contributed by atoms with E-state index >= 15 is 0 Å². The zero-order valence-corrected chi connectivity index (χ0v) is 13.8. The van der Waals surface area contributed by atoms with Crippen molar-refractivity contribution < 1.29 is 9.32 Å². The zero-order valence-electron chi connectivity index (χ0n) is 12.9. The molecule has 1 aliphatic rings.